The molecule has 1 aromatic rings. The minimum Gasteiger partial charge on any atom is -0.437 e. The lowest BCUT2D eigenvalue weighted by atomic mass is 9.82. The topological polar surface area (TPSA) is 29.5 Å². The first-order valence-electron chi connectivity index (χ1n) is 9.42. The lowest BCUT2D eigenvalue weighted by Crippen LogP contribution is -2.52. The molecular weight excluding hydrogens is 317 g/mol. The van der Waals surface area contributed by atoms with Crippen molar-refractivity contribution in [2.45, 2.75) is 63.5 Å². The Morgan fingerprint density at radius 3 is 2.60 bits per heavy atom. The van der Waals surface area contributed by atoms with Gasteiger partial charge in [-0.05, 0) is 43.4 Å². The normalized spacial score (nSPS) is 26.2. The zero-order valence-corrected chi connectivity index (χ0v) is 15.0. The number of amides is 1. The Bertz CT molecular complexity index is 609. The Morgan fingerprint density at radius 1 is 1.32 bits per heavy atom. The molecule has 0 aromatic heterocycles. The van der Waals surface area contributed by atoms with Crippen LogP contribution in [0.15, 0.2) is 36.9 Å². The van der Waals surface area contributed by atoms with Gasteiger partial charge in [-0.2, -0.15) is 0 Å². The molecule has 0 bridgehead atoms. The molecule has 3 nitrogen and oxygen atoms in total. The second-order valence-electron chi connectivity index (χ2n) is 7.44. The highest BCUT2D eigenvalue weighted by molar-refractivity contribution is 5.70. The van der Waals surface area contributed by atoms with Crippen molar-refractivity contribution in [2.24, 2.45) is 5.92 Å². The van der Waals surface area contributed by atoms with Crippen LogP contribution < -0.4 is 0 Å². The molecule has 1 aliphatic heterocycles. The summed E-state index contributed by atoms with van der Waals surface area (Å²) in [5, 5.41) is 0. The maximum Gasteiger partial charge on any atom is 0.410 e. The highest BCUT2D eigenvalue weighted by atomic mass is 19.1. The summed E-state index contributed by atoms with van der Waals surface area (Å²) in [6.45, 7) is 6.63. The summed E-state index contributed by atoms with van der Waals surface area (Å²) in [4.78, 5) is 14.7. The van der Waals surface area contributed by atoms with Gasteiger partial charge in [0.25, 0.3) is 0 Å². The maximum absolute atomic E-state index is 13.3. The smallest absolute Gasteiger partial charge is 0.410 e. The molecule has 1 aromatic carbocycles. The van der Waals surface area contributed by atoms with Crippen molar-refractivity contribution in [1.82, 2.24) is 4.90 Å². The Hall–Kier alpha value is -1.84. The molecule has 0 N–H and O–H groups in total. The van der Waals surface area contributed by atoms with E-state index in [0.29, 0.717) is 25.3 Å². The van der Waals surface area contributed by atoms with Crippen LogP contribution in [-0.4, -0.2) is 23.6 Å². The second-order valence-corrected chi connectivity index (χ2v) is 7.44. The number of hydrogen-bond donors (Lipinski definition) is 0. The lowest BCUT2D eigenvalue weighted by Gasteiger charge is -2.45. The highest BCUT2D eigenvalue weighted by Crippen LogP contribution is 2.39. The first-order chi connectivity index (χ1) is 12.1. The molecule has 1 saturated carbocycles. The Morgan fingerprint density at radius 2 is 2.00 bits per heavy atom. The summed E-state index contributed by atoms with van der Waals surface area (Å²) < 4.78 is 19.2. The Labute approximate surface area is 149 Å². The van der Waals surface area contributed by atoms with E-state index in [9.17, 15) is 9.18 Å². The van der Waals surface area contributed by atoms with Gasteiger partial charge in [0, 0.05) is 25.4 Å². The predicted octanol–water partition coefficient (Wildman–Crippen LogP) is 5.41. The van der Waals surface area contributed by atoms with Gasteiger partial charge in [0.05, 0.1) is 0 Å². The molecule has 2 fully saturated rings. The fraction of sp³-hybridized carbons (Fsp3) is 0.571. The van der Waals surface area contributed by atoms with Gasteiger partial charge in [0.1, 0.15) is 11.4 Å². The van der Waals surface area contributed by atoms with Gasteiger partial charge in [-0.1, -0.05) is 37.5 Å². The van der Waals surface area contributed by atoms with E-state index in [2.05, 4.69) is 13.5 Å². The third kappa shape index (κ3) is 3.73. The zero-order chi connectivity index (χ0) is 17.9. The average Bonchev–Trinajstić information content (AvgIpc) is 2.63. The SMILES string of the molecule is C=CCC1(c2ccc(F)cc2)CCN([C@@H](C)C2CCCCC2)C(=O)O1. The molecule has 2 atom stereocenters. The molecule has 0 radical (unpaired) electrons. The number of carbonyl (C=O) groups excluding carboxylic acids is 1. The lowest BCUT2D eigenvalue weighted by molar-refractivity contribution is -0.0646. The van der Waals surface area contributed by atoms with E-state index in [1.54, 1.807) is 18.2 Å². The van der Waals surface area contributed by atoms with Gasteiger partial charge >= 0.3 is 6.09 Å². The standard InChI is InChI=1S/C21H28FNO2/c1-3-13-21(18-9-11-19(22)12-10-18)14-15-23(20(24)25-21)16(2)17-7-5-4-6-8-17/h3,9-12,16-17H,1,4-8,13-15H2,2H3/t16-,21?/m0/s1. The number of cyclic esters (lactones) is 1. The predicted molar refractivity (Wildman–Crippen MR) is 96.7 cm³/mol. The molecule has 0 spiro atoms. The van der Waals surface area contributed by atoms with Crippen LogP contribution in [0.2, 0.25) is 0 Å². The van der Waals surface area contributed by atoms with E-state index in [1.165, 1.54) is 44.2 Å². The van der Waals surface area contributed by atoms with Crippen LogP contribution in [0.25, 0.3) is 0 Å². The van der Waals surface area contributed by atoms with Crippen LogP contribution in [0, 0.1) is 11.7 Å². The second kappa shape index (κ2) is 7.59. The summed E-state index contributed by atoms with van der Waals surface area (Å²) in [7, 11) is 0. The monoisotopic (exact) mass is 345 g/mol. The molecule has 1 amide bonds. The molecule has 1 heterocycles. The van der Waals surface area contributed by atoms with Crippen molar-refractivity contribution in [3.05, 3.63) is 48.3 Å². The van der Waals surface area contributed by atoms with Gasteiger partial charge < -0.3 is 9.64 Å². The van der Waals surface area contributed by atoms with E-state index in [0.717, 1.165) is 5.56 Å². The Kier molecular flexibility index (Phi) is 5.45. The van der Waals surface area contributed by atoms with Crippen LogP contribution in [0.1, 0.15) is 57.4 Å². The number of nitrogens with zero attached hydrogens (tertiary/aromatic N) is 1. The third-order valence-corrected chi connectivity index (χ3v) is 5.94. The van der Waals surface area contributed by atoms with E-state index >= 15 is 0 Å². The largest absolute Gasteiger partial charge is 0.437 e. The van der Waals surface area contributed by atoms with Crippen LogP contribution in [0.4, 0.5) is 9.18 Å². The summed E-state index contributed by atoms with van der Waals surface area (Å²) in [6.07, 6.45) is 8.97. The Balaban J connectivity index is 1.76. The van der Waals surface area contributed by atoms with Crippen molar-refractivity contribution in [3.8, 4) is 0 Å². The van der Waals surface area contributed by atoms with Crippen molar-refractivity contribution < 1.29 is 13.9 Å². The summed E-state index contributed by atoms with van der Waals surface area (Å²) >= 11 is 0. The molecule has 1 saturated heterocycles. The van der Waals surface area contributed by atoms with Gasteiger partial charge in [0.2, 0.25) is 0 Å². The average molecular weight is 345 g/mol. The van der Waals surface area contributed by atoms with Crippen molar-refractivity contribution in [2.75, 3.05) is 6.54 Å². The molecule has 1 aliphatic carbocycles. The number of benzene rings is 1. The third-order valence-electron chi connectivity index (χ3n) is 5.94. The first kappa shape index (κ1) is 18.0. The van der Waals surface area contributed by atoms with E-state index in [-0.39, 0.29) is 18.0 Å². The first-order valence-corrected chi connectivity index (χ1v) is 9.42. The van der Waals surface area contributed by atoms with Crippen LogP contribution >= 0.6 is 0 Å². The van der Waals surface area contributed by atoms with Crippen LogP contribution in [0.3, 0.4) is 0 Å². The molecule has 136 valence electrons. The molecule has 3 rings (SSSR count). The van der Waals surface area contributed by atoms with Crippen LogP contribution in [-0.2, 0) is 10.3 Å². The highest BCUT2D eigenvalue weighted by Gasteiger charge is 2.43. The molecule has 25 heavy (non-hydrogen) atoms. The van der Waals surface area contributed by atoms with Gasteiger partial charge in [-0.25, -0.2) is 9.18 Å². The molecule has 4 heteroatoms. The number of hydrogen-bond acceptors (Lipinski definition) is 2. The molecule has 1 unspecified atom stereocenters. The maximum atomic E-state index is 13.3. The zero-order valence-electron chi connectivity index (χ0n) is 15.0. The molecular formula is C21H28FNO2. The van der Waals surface area contributed by atoms with Gasteiger partial charge in [0.15, 0.2) is 0 Å². The summed E-state index contributed by atoms with van der Waals surface area (Å²) in [5.74, 6) is 0.284. The van der Waals surface area contributed by atoms with E-state index < -0.39 is 5.60 Å². The molecule has 2 aliphatic rings. The number of halogens is 1. The number of carbonyl (C=O) groups is 1. The number of ether oxygens (including phenoxy) is 1. The van der Waals surface area contributed by atoms with E-state index in [4.69, 9.17) is 4.74 Å². The summed E-state index contributed by atoms with van der Waals surface area (Å²) in [6, 6.07) is 6.48. The fourth-order valence-corrected chi connectivity index (χ4v) is 4.36. The van der Waals surface area contributed by atoms with Crippen molar-refractivity contribution >= 4 is 6.09 Å². The fourth-order valence-electron chi connectivity index (χ4n) is 4.36. The van der Waals surface area contributed by atoms with E-state index in [1.807, 2.05) is 4.90 Å². The van der Waals surface area contributed by atoms with Gasteiger partial charge in [-0.3, -0.25) is 0 Å². The minimum absolute atomic E-state index is 0.211. The quantitative estimate of drug-likeness (QED) is 0.668. The van der Waals surface area contributed by atoms with Crippen molar-refractivity contribution in [3.63, 3.8) is 0 Å². The van der Waals surface area contributed by atoms with Gasteiger partial charge in [-0.15, -0.1) is 6.58 Å². The summed E-state index contributed by atoms with van der Waals surface area (Å²) in [5.41, 5.74) is 0.113. The van der Waals surface area contributed by atoms with Crippen molar-refractivity contribution in [1.29, 1.82) is 0 Å². The van der Waals surface area contributed by atoms with Crippen LogP contribution in [0.5, 0.6) is 0 Å². The minimum atomic E-state index is -0.727. The number of rotatable bonds is 5.